The third kappa shape index (κ3) is 5.58. The fourth-order valence-corrected chi connectivity index (χ4v) is 1.44. The van der Waals surface area contributed by atoms with Crippen LogP contribution in [0.2, 0.25) is 0 Å². The van der Waals surface area contributed by atoms with Crippen LogP contribution in [-0.4, -0.2) is 41.1 Å². The third-order valence-electron chi connectivity index (χ3n) is 2.42. The zero-order chi connectivity index (χ0) is 12.6. The predicted molar refractivity (Wildman–Crippen MR) is 62.4 cm³/mol. The maximum Gasteiger partial charge on any atom is 0.323 e. The van der Waals surface area contributed by atoms with E-state index in [1.54, 1.807) is 0 Å². The normalized spacial score (nSPS) is 10.2. The highest BCUT2D eigenvalue weighted by atomic mass is 16.4. The highest BCUT2D eigenvalue weighted by molar-refractivity contribution is 5.80. The van der Waals surface area contributed by atoms with E-state index in [2.05, 4.69) is 5.32 Å². The van der Waals surface area contributed by atoms with Gasteiger partial charge in [0.2, 0.25) is 0 Å². The van der Waals surface area contributed by atoms with Crippen molar-refractivity contribution in [3.8, 4) is 0 Å². The van der Waals surface area contributed by atoms with Gasteiger partial charge in [0, 0.05) is 12.6 Å². The highest BCUT2D eigenvalue weighted by Crippen LogP contribution is 1.99. The average Bonchev–Trinajstić information content (AvgIpc) is 2.24. The molecule has 0 saturated carbocycles. The van der Waals surface area contributed by atoms with Crippen LogP contribution >= 0.6 is 0 Å². The van der Waals surface area contributed by atoms with E-state index in [4.69, 9.17) is 5.11 Å². The number of nitrogens with one attached hydrogen (secondary N) is 1. The number of rotatable bonds is 7. The van der Waals surface area contributed by atoms with Crippen LogP contribution in [0.4, 0.5) is 4.79 Å². The summed E-state index contributed by atoms with van der Waals surface area (Å²) in [5.41, 5.74) is 0. The first kappa shape index (κ1) is 14.7. The topological polar surface area (TPSA) is 69.6 Å². The van der Waals surface area contributed by atoms with Gasteiger partial charge in [0.15, 0.2) is 0 Å². The Morgan fingerprint density at radius 3 is 2.19 bits per heavy atom. The van der Waals surface area contributed by atoms with Crippen molar-refractivity contribution in [1.29, 1.82) is 0 Å². The number of hydrogen-bond donors (Lipinski definition) is 2. The summed E-state index contributed by atoms with van der Waals surface area (Å²) < 4.78 is 0. The Balaban J connectivity index is 4.30. The zero-order valence-corrected chi connectivity index (χ0v) is 10.3. The molecule has 2 amide bonds. The minimum Gasteiger partial charge on any atom is -0.480 e. The first-order valence-corrected chi connectivity index (χ1v) is 5.82. The van der Waals surface area contributed by atoms with Crippen LogP contribution in [0.1, 0.15) is 40.0 Å². The molecule has 0 fully saturated rings. The van der Waals surface area contributed by atoms with Crippen LogP contribution in [0, 0.1) is 0 Å². The Morgan fingerprint density at radius 2 is 1.81 bits per heavy atom. The molecule has 0 heterocycles. The second-order valence-corrected chi connectivity index (χ2v) is 3.78. The van der Waals surface area contributed by atoms with Gasteiger partial charge in [0.05, 0.1) is 0 Å². The van der Waals surface area contributed by atoms with Gasteiger partial charge >= 0.3 is 12.0 Å². The number of carbonyl (C=O) groups is 2. The molecule has 5 nitrogen and oxygen atoms in total. The molecular formula is C11H22N2O3. The maximum atomic E-state index is 11.7. The summed E-state index contributed by atoms with van der Waals surface area (Å²) in [6.07, 6.45) is 2.47. The first-order valence-electron chi connectivity index (χ1n) is 5.82. The van der Waals surface area contributed by atoms with Gasteiger partial charge in [-0.15, -0.1) is 0 Å². The van der Waals surface area contributed by atoms with Crippen LogP contribution < -0.4 is 5.32 Å². The predicted octanol–water partition coefficient (Wildman–Crippen LogP) is 1.68. The van der Waals surface area contributed by atoms with E-state index in [-0.39, 0.29) is 18.6 Å². The number of aliphatic carboxylic acids is 1. The van der Waals surface area contributed by atoms with Crippen molar-refractivity contribution in [2.24, 2.45) is 0 Å². The average molecular weight is 230 g/mol. The number of amides is 2. The van der Waals surface area contributed by atoms with E-state index in [1.165, 1.54) is 4.90 Å². The SMILES string of the molecule is CCCN(CC(=O)O)C(=O)NC(CC)CC. The first-order chi connectivity index (χ1) is 7.54. The standard InChI is InChI=1S/C11H22N2O3/c1-4-7-13(8-10(14)15)11(16)12-9(5-2)6-3/h9H,4-8H2,1-3H3,(H,12,16)(H,14,15). The van der Waals surface area contributed by atoms with E-state index >= 15 is 0 Å². The summed E-state index contributed by atoms with van der Waals surface area (Å²) in [6, 6.07) is -0.154. The van der Waals surface area contributed by atoms with Crippen molar-refractivity contribution in [3.63, 3.8) is 0 Å². The van der Waals surface area contributed by atoms with Gasteiger partial charge in [-0.1, -0.05) is 20.8 Å². The Morgan fingerprint density at radius 1 is 1.25 bits per heavy atom. The summed E-state index contributed by atoms with van der Waals surface area (Å²) in [4.78, 5) is 23.7. The molecule has 0 saturated heterocycles. The van der Waals surface area contributed by atoms with Gasteiger partial charge in [-0.05, 0) is 19.3 Å². The van der Waals surface area contributed by atoms with Crippen molar-refractivity contribution < 1.29 is 14.7 Å². The Kier molecular flexibility index (Phi) is 7.33. The second kappa shape index (κ2) is 7.96. The van der Waals surface area contributed by atoms with E-state index in [9.17, 15) is 9.59 Å². The molecule has 0 aromatic carbocycles. The number of urea groups is 1. The molecule has 0 aromatic rings. The molecule has 94 valence electrons. The van der Waals surface area contributed by atoms with Crippen molar-refractivity contribution in [2.45, 2.75) is 46.1 Å². The second-order valence-electron chi connectivity index (χ2n) is 3.78. The number of carboxylic acids is 1. The monoisotopic (exact) mass is 230 g/mol. The molecule has 0 aromatic heterocycles. The molecule has 0 atom stereocenters. The Bertz CT molecular complexity index is 227. The van der Waals surface area contributed by atoms with Gasteiger partial charge in [0.25, 0.3) is 0 Å². The third-order valence-corrected chi connectivity index (χ3v) is 2.42. The maximum absolute atomic E-state index is 11.7. The van der Waals surface area contributed by atoms with Crippen LogP contribution in [-0.2, 0) is 4.79 Å². The molecule has 2 N–H and O–H groups in total. The van der Waals surface area contributed by atoms with Crippen LogP contribution in [0.5, 0.6) is 0 Å². The van der Waals surface area contributed by atoms with Gasteiger partial charge in [-0.25, -0.2) is 4.79 Å². The van der Waals surface area contributed by atoms with E-state index in [0.29, 0.717) is 6.54 Å². The summed E-state index contributed by atoms with van der Waals surface area (Å²) in [6.45, 7) is 6.14. The smallest absolute Gasteiger partial charge is 0.323 e. The Hall–Kier alpha value is -1.26. The van der Waals surface area contributed by atoms with Crippen molar-refractivity contribution >= 4 is 12.0 Å². The van der Waals surface area contributed by atoms with E-state index in [1.807, 2.05) is 20.8 Å². The molecule has 0 unspecified atom stereocenters. The van der Waals surface area contributed by atoms with Crippen molar-refractivity contribution in [3.05, 3.63) is 0 Å². The molecule has 0 aliphatic rings. The minimum atomic E-state index is -0.979. The van der Waals surface area contributed by atoms with Crippen molar-refractivity contribution in [1.82, 2.24) is 10.2 Å². The van der Waals surface area contributed by atoms with Gasteiger partial charge in [0.1, 0.15) is 6.54 Å². The molecule has 0 bridgehead atoms. The van der Waals surface area contributed by atoms with Crippen LogP contribution in [0.15, 0.2) is 0 Å². The van der Waals surface area contributed by atoms with Crippen molar-refractivity contribution in [2.75, 3.05) is 13.1 Å². The lowest BCUT2D eigenvalue weighted by Gasteiger charge is -2.23. The van der Waals surface area contributed by atoms with Crippen LogP contribution in [0.25, 0.3) is 0 Å². The van der Waals surface area contributed by atoms with E-state index in [0.717, 1.165) is 19.3 Å². The molecule has 0 aliphatic heterocycles. The number of carbonyl (C=O) groups excluding carboxylic acids is 1. The summed E-state index contributed by atoms with van der Waals surface area (Å²) >= 11 is 0. The minimum absolute atomic E-state index is 0.126. The molecule has 0 spiro atoms. The number of nitrogens with zero attached hydrogens (tertiary/aromatic N) is 1. The molecule has 5 heteroatoms. The lowest BCUT2D eigenvalue weighted by atomic mass is 10.2. The molecular weight excluding hydrogens is 208 g/mol. The van der Waals surface area contributed by atoms with E-state index < -0.39 is 5.97 Å². The fraction of sp³-hybridized carbons (Fsp3) is 0.818. The summed E-state index contributed by atoms with van der Waals surface area (Å²) in [5.74, 6) is -0.979. The lowest BCUT2D eigenvalue weighted by molar-refractivity contribution is -0.137. The molecule has 16 heavy (non-hydrogen) atoms. The zero-order valence-electron chi connectivity index (χ0n) is 10.3. The number of carboxylic acid groups (broad SMARTS) is 1. The van der Waals surface area contributed by atoms with Gasteiger partial charge in [-0.2, -0.15) is 0 Å². The quantitative estimate of drug-likeness (QED) is 0.699. The fourth-order valence-electron chi connectivity index (χ4n) is 1.44. The summed E-state index contributed by atoms with van der Waals surface area (Å²) in [7, 11) is 0. The number of hydrogen-bond acceptors (Lipinski definition) is 2. The van der Waals surface area contributed by atoms with Gasteiger partial charge in [-0.3, -0.25) is 4.79 Å². The largest absolute Gasteiger partial charge is 0.480 e. The van der Waals surface area contributed by atoms with Crippen LogP contribution in [0.3, 0.4) is 0 Å². The lowest BCUT2D eigenvalue weighted by Crippen LogP contribution is -2.46. The molecule has 0 rings (SSSR count). The van der Waals surface area contributed by atoms with Gasteiger partial charge < -0.3 is 15.3 Å². The Labute approximate surface area is 96.8 Å². The molecule has 0 radical (unpaired) electrons. The highest BCUT2D eigenvalue weighted by Gasteiger charge is 2.17. The summed E-state index contributed by atoms with van der Waals surface area (Å²) in [5, 5.41) is 11.5. The molecule has 0 aliphatic carbocycles.